The zero-order valence-electron chi connectivity index (χ0n) is 9.50. The van der Waals surface area contributed by atoms with E-state index in [1.807, 2.05) is 6.07 Å². The van der Waals surface area contributed by atoms with Gasteiger partial charge in [0.2, 0.25) is 0 Å². The van der Waals surface area contributed by atoms with E-state index in [1.165, 1.54) is 17.7 Å². The van der Waals surface area contributed by atoms with Gasteiger partial charge in [0.05, 0.1) is 16.6 Å². The van der Waals surface area contributed by atoms with E-state index in [0.29, 0.717) is 21.9 Å². The van der Waals surface area contributed by atoms with Crippen LogP contribution < -0.4 is 5.32 Å². The van der Waals surface area contributed by atoms with E-state index >= 15 is 0 Å². The smallest absolute Gasteiger partial charge is 0.255 e. The Bertz CT molecular complexity index is 741. The van der Waals surface area contributed by atoms with Crippen LogP contribution in [0.1, 0.15) is 10.4 Å². The maximum atomic E-state index is 12.0. The second-order valence-electron chi connectivity index (χ2n) is 3.78. The van der Waals surface area contributed by atoms with Gasteiger partial charge in [-0.2, -0.15) is 0 Å². The lowest BCUT2D eigenvalue weighted by Gasteiger charge is -2.04. The molecule has 0 radical (unpaired) electrons. The molecule has 5 nitrogen and oxygen atoms in total. The Kier molecular flexibility index (Phi) is 3.10. The summed E-state index contributed by atoms with van der Waals surface area (Å²) in [6.07, 6.45) is 1.50. The monoisotopic (exact) mass is 290 g/mol. The molecular formula is C12H7ClN4OS. The highest BCUT2D eigenvalue weighted by molar-refractivity contribution is 7.12. The molecule has 3 rings (SSSR count). The van der Waals surface area contributed by atoms with Gasteiger partial charge in [-0.1, -0.05) is 16.1 Å². The van der Waals surface area contributed by atoms with E-state index in [-0.39, 0.29) is 5.91 Å². The largest absolute Gasteiger partial charge is 0.321 e. The van der Waals surface area contributed by atoms with Crippen molar-refractivity contribution in [3.05, 3.63) is 47.2 Å². The van der Waals surface area contributed by atoms with E-state index < -0.39 is 0 Å². The van der Waals surface area contributed by atoms with Gasteiger partial charge in [0.1, 0.15) is 10.7 Å². The van der Waals surface area contributed by atoms with Crippen LogP contribution in [0.4, 0.5) is 5.69 Å². The fourth-order valence-corrected chi connectivity index (χ4v) is 2.23. The lowest BCUT2D eigenvalue weighted by Crippen LogP contribution is -2.11. The topological polar surface area (TPSA) is 67.8 Å². The molecule has 94 valence electrons. The van der Waals surface area contributed by atoms with Gasteiger partial charge in [0, 0.05) is 5.56 Å². The van der Waals surface area contributed by atoms with Crippen molar-refractivity contribution >= 4 is 44.9 Å². The fraction of sp³-hybridized carbons (Fsp3) is 0. The molecular weight excluding hydrogens is 284 g/mol. The molecule has 19 heavy (non-hydrogen) atoms. The van der Waals surface area contributed by atoms with Crippen molar-refractivity contribution in [2.75, 3.05) is 5.32 Å². The van der Waals surface area contributed by atoms with Crippen LogP contribution in [-0.4, -0.2) is 20.5 Å². The normalized spacial score (nSPS) is 10.6. The minimum atomic E-state index is -0.223. The number of carbonyl (C=O) groups is 1. The molecule has 0 saturated heterocycles. The van der Waals surface area contributed by atoms with Crippen LogP contribution in [0.3, 0.4) is 0 Å². The Morgan fingerprint density at radius 1 is 1.26 bits per heavy atom. The predicted molar refractivity (Wildman–Crippen MR) is 74.6 cm³/mol. The van der Waals surface area contributed by atoms with E-state index in [4.69, 9.17) is 11.6 Å². The first-order valence-electron chi connectivity index (χ1n) is 5.37. The molecule has 0 aliphatic heterocycles. The van der Waals surface area contributed by atoms with Gasteiger partial charge >= 0.3 is 0 Å². The van der Waals surface area contributed by atoms with Crippen LogP contribution in [0.25, 0.3) is 10.2 Å². The molecule has 1 aromatic carbocycles. The highest BCUT2D eigenvalue weighted by Crippen LogP contribution is 2.18. The molecule has 1 amide bonds. The van der Waals surface area contributed by atoms with Crippen LogP contribution in [0.15, 0.2) is 36.5 Å². The van der Waals surface area contributed by atoms with Gasteiger partial charge < -0.3 is 5.32 Å². The van der Waals surface area contributed by atoms with Crippen molar-refractivity contribution < 1.29 is 4.79 Å². The summed E-state index contributed by atoms with van der Waals surface area (Å²) in [6.45, 7) is 0. The van der Waals surface area contributed by atoms with E-state index in [9.17, 15) is 4.79 Å². The zero-order valence-corrected chi connectivity index (χ0v) is 11.1. The summed E-state index contributed by atoms with van der Waals surface area (Å²) in [5.41, 5.74) is 1.83. The molecule has 0 spiro atoms. The number of nitrogens with zero attached hydrogens (tertiary/aromatic N) is 3. The third kappa shape index (κ3) is 2.54. The van der Waals surface area contributed by atoms with Crippen molar-refractivity contribution in [3.8, 4) is 0 Å². The van der Waals surface area contributed by atoms with Crippen LogP contribution in [0.5, 0.6) is 0 Å². The molecule has 0 unspecified atom stereocenters. The molecule has 0 atom stereocenters. The first-order valence-corrected chi connectivity index (χ1v) is 6.52. The highest BCUT2D eigenvalue weighted by Gasteiger charge is 2.08. The van der Waals surface area contributed by atoms with Gasteiger partial charge in [-0.05, 0) is 41.9 Å². The number of pyridine rings is 1. The summed E-state index contributed by atoms with van der Waals surface area (Å²) in [4.78, 5) is 15.9. The number of carbonyl (C=O) groups excluding carboxylic acids is 1. The van der Waals surface area contributed by atoms with Gasteiger partial charge in [0.25, 0.3) is 5.91 Å². The molecule has 3 aromatic rings. The highest BCUT2D eigenvalue weighted by atomic mass is 35.5. The zero-order chi connectivity index (χ0) is 13.2. The first-order chi connectivity index (χ1) is 9.22. The Morgan fingerprint density at radius 2 is 2.16 bits per heavy atom. The second-order valence-corrected chi connectivity index (χ2v) is 4.95. The number of rotatable bonds is 2. The van der Waals surface area contributed by atoms with Gasteiger partial charge in [0.15, 0.2) is 0 Å². The van der Waals surface area contributed by atoms with Crippen LogP contribution in [0.2, 0.25) is 5.15 Å². The molecule has 0 fully saturated rings. The number of aromatic nitrogens is 3. The molecule has 0 aliphatic carbocycles. The van der Waals surface area contributed by atoms with E-state index in [1.54, 1.807) is 24.3 Å². The maximum Gasteiger partial charge on any atom is 0.255 e. The molecule has 2 aromatic heterocycles. The average Bonchev–Trinajstić information content (AvgIpc) is 2.88. The standard InChI is InChI=1S/C12H7ClN4OS/c13-11-4-2-8(6-14-11)15-12(18)7-1-3-10-9(5-7)16-17-19-10/h1-6H,(H,15,18). The number of amides is 1. The quantitative estimate of drug-likeness (QED) is 0.737. The molecule has 7 heteroatoms. The Hall–Kier alpha value is -2.05. The third-order valence-electron chi connectivity index (χ3n) is 2.49. The molecule has 0 saturated carbocycles. The summed E-state index contributed by atoms with van der Waals surface area (Å²) in [5.74, 6) is -0.223. The van der Waals surface area contributed by atoms with Crippen molar-refractivity contribution in [1.29, 1.82) is 0 Å². The van der Waals surface area contributed by atoms with Crippen LogP contribution >= 0.6 is 23.1 Å². The second kappa shape index (κ2) is 4.91. The van der Waals surface area contributed by atoms with E-state index in [0.717, 1.165) is 4.70 Å². The van der Waals surface area contributed by atoms with Crippen molar-refractivity contribution in [2.45, 2.75) is 0 Å². The lowest BCUT2D eigenvalue weighted by molar-refractivity contribution is 0.102. The molecule has 2 heterocycles. The number of hydrogen-bond acceptors (Lipinski definition) is 5. The van der Waals surface area contributed by atoms with Crippen molar-refractivity contribution in [1.82, 2.24) is 14.6 Å². The Balaban J connectivity index is 1.84. The van der Waals surface area contributed by atoms with Crippen LogP contribution in [0, 0.1) is 0 Å². The number of halogens is 1. The van der Waals surface area contributed by atoms with Gasteiger partial charge in [-0.3, -0.25) is 4.79 Å². The molecule has 0 bridgehead atoms. The first kappa shape index (κ1) is 12.0. The minimum Gasteiger partial charge on any atom is -0.321 e. The number of hydrogen-bond donors (Lipinski definition) is 1. The summed E-state index contributed by atoms with van der Waals surface area (Å²) < 4.78 is 4.78. The summed E-state index contributed by atoms with van der Waals surface area (Å²) in [5, 5.41) is 7.06. The third-order valence-corrected chi connectivity index (χ3v) is 3.42. The number of anilines is 1. The van der Waals surface area contributed by atoms with Gasteiger partial charge in [-0.25, -0.2) is 4.98 Å². The fourth-order valence-electron chi connectivity index (χ4n) is 1.58. The molecule has 0 aliphatic rings. The van der Waals surface area contributed by atoms with E-state index in [2.05, 4.69) is 19.9 Å². The van der Waals surface area contributed by atoms with Crippen molar-refractivity contribution in [2.24, 2.45) is 0 Å². The van der Waals surface area contributed by atoms with Gasteiger partial charge in [-0.15, -0.1) is 5.10 Å². The summed E-state index contributed by atoms with van der Waals surface area (Å²) in [6, 6.07) is 8.58. The maximum absolute atomic E-state index is 12.0. The summed E-state index contributed by atoms with van der Waals surface area (Å²) in [7, 11) is 0. The average molecular weight is 291 g/mol. The molecule has 1 N–H and O–H groups in total. The van der Waals surface area contributed by atoms with Crippen LogP contribution in [-0.2, 0) is 0 Å². The number of benzene rings is 1. The minimum absolute atomic E-state index is 0.223. The Morgan fingerprint density at radius 3 is 2.95 bits per heavy atom. The van der Waals surface area contributed by atoms with Crippen molar-refractivity contribution in [3.63, 3.8) is 0 Å². The predicted octanol–water partition coefficient (Wildman–Crippen LogP) is 2.99. The number of nitrogens with one attached hydrogen (secondary N) is 1. The number of fused-ring (bicyclic) bond motifs is 1. The lowest BCUT2D eigenvalue weighted by atomic mass is 10.2. The Labute approximate surface area is 117 Å². The summed E-state index contributed by atoms with van der Waals surface area (Å²) >= 11 is 6.98. The SMILES string of the molecule is O=C(Nc1ccc(Cl)nc1)c1ccc2snnc2c1.